The van der Waals surface area contributed by atoms with Gasteiger partial charge in [0.1, 0.15) is 22.9 Å². The molecule has 0 unspecified atom stereocenters. The molecule has 0 aliphatic carbocycles. The van der Waals surface area contributed by atoms with Crippen LogP contribution in [-0.4, -0.2) is 23.6 Å². The van der Waals surface area contributed by atoms with Gasteiger partial charge in [-0.3, -0.25) is 0 Å². The van der Waals surface area contributed by atoms with Gasteiger partial charge in [0.25, 0.3) is 0 Å². The molecule has 1 aliphatic rings. The minimum Gasteiger partial charge on any atom is -0.493 e. The Morgan fingerprint density at radius 1 is 1.26 bits per heavy atom. The van der Waals surface area contributed by atoms with Crippen LogP contribution in [0.2, 0.25) is 0 Å². The quantitative estimate of drug-likeness (QED) is 0.846. The fourth-order valence-corrected chi connectivity index (χ4v) is 2.26. The average Bonchev–Trinajstić information content (AvgIpc) is 2.93. The zero-order chi connectivity index (χ0) is 16.6. The fourth-order valence-electron chi connectivity index (χ4n) is 2.26. The lowest BCUT2D eigenvalue weighted by Crippen LogP contribution is -2.12. The van der Waals surface area contributed by atoms with Gasteiger partial charge in [-0.2, -0.15) is 18.2 Å². The smallest absolute Gasteiger partial charge is 0.421 e. The Kier molecular flexibility index (Phi) is 3.70. The van der Waals surface area contributed by atoms with Crippen molar-refractivity contribution in [3.8, 4) is 5.75 Å². The van der Waals surface area contributed by atoms with Crippen LogP contribution in [0, 0.1) is 5.82 Å². The molecule has 0 saturated heterocycles. The summed E-state index contributed by atoms with van der Waals surface area (Å²) in [4.78, 5) is 7.34. The molecular formula is C14H12F4N4O. The van der Waals surface area contributed by atoms with Crippen LogP contribution >= 0.6 is 0 Å². The predicted octanol–water partition coefficient (Wildman–Crippen LogP) is 3.35. The zero-order valence-electron chi connectivity index (χ0n) is 12.0. The number of nitrogens with zero attached hydrogens (tertiary/aromatic N) is 2. The fraction of sp³-hybridized carbons (Fsp3) is 0.286. The van der Waals surface area contributed by atoms with E-state index >= 15 is 0 Å². The molecule has 2 aromatic rings. The average molecular weight is 328 g/mol. The molecular weight excluding hydrogens is 316 g/mol. The van der Waals surface area contributed by atoms with Crippen molar-refractivity contribution in [1.29, 1.82) is 0 Å². The summed E-state index contributed by atoms with van der Waals surface area (Å²) in [7, 11) is 1.31. The van der Waals surface area contributed by atoms with E-state index in [2.05, 4.69) is 20.6 Å². The minimum absolute atomic E-state index is 0.0797. The SMILES string of the molecule is CNc1nc(Nc2cc3c(cc2F)OCC3)ncc1C(F)(F)F. The molecule has 0 saturated carbocycles. The van der Waals surface area contributed by atoms with Crippen LogP contribution in [0.4, 0.5) is 35.0 Å². The van der Waals surface area contributed by atoms with Gasteiger partial charge < -0.3 is 15.4 Å². The third kappa shape index (κ3) is 2.99. The third-order valence-electron chi connectivity index (χ3n) is 3.36. The number of aromatic nitrogens is 2. The van der Waals surface area contributed by atoms with E-state index in [1.165, 1.54) is 19.2 Å². The van der Waals surface area contributed by atoms with Crippen molar-refractivity contribution in [2.75, 3.05) is 24.3 Å². The van der Waals surface area contributed by atoms with Crippen molar-refractivity contribution in [2.24, 2.45) is 0 Å². The molecule has 0 bridgehead atoms. The van der Waals surface area contributed by atoms with Gasteiger partial charge in [-0.25, -0.2) is 9.37 Å². The first-order valence-electron chi connectivity index (χ1n) is 6.72. The highest BCUT2D eigenvalue weighted by molar-refractivity contribution is 5.60. The Labute approximate surface area is 128 Å². The van der Waals surface area contributed by atoms with Crippen LogP contribution in [-0.2, 0) is 12.6 Å². The molecule has 9 heteroatoms. The highest BCUT2D eigenvalue weighted by atomic mass is 19.4. The normalized spacial score (nSPS) is 13.4. The van der Waals surface area contributed by atoms with Crippen molar-refractivity contribution in [2.45, 2.75) is 12.6 Å². The topological polar surface area (TPSA) is 59.1 Å². The van der Waals surface area contributed by atoms with Crippen molar-refractivity contribution in [3.05, 3.63) is 35.3 Å². The van der Waals surface area contributed by atoms with Gasteiger partial charge in [-0.1, -0.05) is 0 Å². The Balaban J connectivity index is 1.92. The summed E-state index contributed by atoms with van der Waals surface area (Å²) in [5, 5.41) is 4.95. The van der Waals surface area contributed by atoms with Crippen LogP contribution in [0.3, 0.4) is 0 Å². The summed E-state index contributed by atoms with van der Waals surface area (Å²) in [5.74, 6) is -0.655. The summed E-state index contributed by atoms with van der Waals surface area (Å²) in [6.07, 6.45) is -3.29. The highest BCUT2D eigenvalue weighted by Gasteiger charge is 2.35. The summed E-state index contributed by atoms with van der Waals surface area (Å²) in [6, 6.07) is 2.77. The lowest BCUT2D eigenvalue weighted by molar-refractivity contribution is -0.137. The standard InChI is InChI=1S/C14H12F4N4O/c1-19-12-8(14(16,17)18)6-20-13(22-12)21-10-4-7-2-3-23-11(7)5-9(10)15/h4-6H,2-3H2,1H3,(H2,19,20,21,22). The summed E-state index contributed by atoms with van der Waals surface area (Å²) in [6.45, 7) is 0.471. The second-order valence-corrected chi connectivity index (χ2v) is 4.87. The molecule has 1 aliphatic heterocycles. The van der Waals surface area contributed by atoms with Crippen molar-refractivity contribution in [1.82, 2.24) is 9.97 Å². The summed E-state index contributed by atoms with van der Waals surface area (Å²) >= 11 is 0. The van der Waals surface area contributed by atoms with Crippen LogP contribution in [0.25, 0.3) is 0 Å². The second kappa shape index (κ2) is 5.56. The molecule has 2 N–H and O–H groups in total. The van der Waals surface area contributed by atoms with Gasteiger partial charge in [0, 0.05) is 25.7 Å². The number of alkyl halides is 3. The number of ether oxygens (including phenoxy) is 1. The van der Waals surface area contributed by atoms with E-state index < -0.39 is 17.6 Å². The Hall–Kier alpha value is -2.58. The first kappa shape index (κ1) is 15.3. The number of benzene rings is 1. The van der Waals surface area contributed by atoms with E-state index in [0.717, 1.165) is 5.56 Å². The van der Waals surface area contributed by atoms with Crippen LogP contribution in [0.5, 0.6) is 5.75 Å². The largest absolute Gasteiger partial charge is 0.493 e. The predicted molar refractivity (Wildman–Crippen MR) is 75.5 cm³/mol. The molecule has 1 aromatic carbocycles. The van der Waals surface area contributed by atoms with E-state index in [-0.39, 0.29) is 17.5 Å². The van der Waals surface area contributed by atoms with Crippen LogP contribution in [0.1, 0.15) is 11.1 Å². The maximum Gasteiger partial charge on any atom is 0.421 e. The molecule has 5 nitrogen and oxygen atoms in total. The molecule has 0 spiro atoms. The number of halogens is 4. The van der Waals surface area contributed by atoms with Gasteiger partial charge >= 0.3 is 6.18 Å². The van der Waals surface area contributed by atoms with Crippen LogP contribution < -0.4 is 15.4 Å². The zero-order valence-corrected chi connectivity index (χ0v) is 12.0. The summed E-state index contributed by atoms with van der Waals surface area (Å²) in [5.41, 5.74) is -0.0981. The molecule has 0 amide bonds. The molecule has 1 aromatic heterocycles. The van der Waals surface area contributed by atoms with Gasteiger partial charge in [-0.05, 0) is 11.6 Å². The first-order chi connectivity index (χ1) is 10.9. The molecule has 122 valence electrons. The summed E-state index contributed by atoms with van der Waals surface area (Å²) < 4.78 is 57.6. The van der Waals surface area contributed by atoms with Gasteiger partial charge in [-0.15, -0.1) is 0 Å². The first-order valence-corrected chi connectivity index (χ1v) is 6.72. The Morgan fingerprint density at radius 2 is 2.04 bits per heavy atom. The molecule has 3 rings (SSSR count). The lowest BCUT2D eigenvalue weighted by Gasteiger charge is -2.13. The maximum absolute atomic E-state index is 14.0. The van der Waals surface area contributed by atoms with Crippen molar-refractivity contribution < 1.29 is 22.3 Å². The number of hydrogen-bond acceptors (Lipinski definition) is 5. The van der Waals surface area contributed by atoms with Gasteiger partial charge in [0.2, 0.25) is 5.95 Å². The Bertz CT molecular complexity index is 748. The van der Waals surface area contributed by atoms with Gasteiger partial charge in [0.05, 0.1) is 12.3 Å². The molecule has 23 heavy (non-hydrogen) atoms. The molecule has 0 fully saturated rings. The number of rotatable bonds is 3. The third-order valence-corrected chi connectivity index (χ3v) is 3.36. The molecule has 0 radical (unpaired) electrons. The number of nitrogens with one attached hydrogen (secondary N) is 2. The van der Waals surface area contributed by atoms with Crippen molar-refractivity contribution in [3.63, 3.8) is 0 Å². The lowest BCUT2D eigenvalue weighted by atomic mass is 10.1. The second-order valence-electron chi connectivity index (χ2n) is 4.87. The minimum atomic E-state index is -4.58. The molecule has 0 atom stereocenters. The monoisotopic (exact) mass is 328 g/mol. The van der Waals surface area contributed by atoms with E-state index in [9.17, 15) is 17.6 Å². The Morgan fingerprint density at radius 3 is 2.74 bits per heavy atom. The number of anilines is 3. The van der Waals surface area contributed by atoms with E-state index in [0.29, 0.717) is 25.0 Å². The maximum atomic E-state index is 14.0. The van der Waals surface area contributed by atoms with E-state index in [1.807, 2.05) is 0 Å². The van der Waals surface area contributed by atoms with Crippen LogP contribution in [0.15, 0.2) is 18.3 Å². The number of fused-ring (bicyclic) bond motifs is 1. The molecule has 2 heterocycles. The van der Waals surface area contributed by atoms with Gasteiger partial charge in [0.15, 0.2) is 0 Å². The van der Waals surface area contributed by atoms with E-state index in [1.54, 1.807) is 0 Å². The highest BCUT2D eigenvalue weighted by Crippen LogP contribution is 2.35. The van der Waals surface area contributed by atoms with E-state index in [4.69, 9.17) is 4.74 Å². The number of hydrogen-bond donors (Lipinski definition) is 2. The van der Waals surface area contributed by atoms with Crippen molar-refractivity contribution >= 4 is 17.5 Å².